The fourth-order valence-corrected chi connectivity index (χ4v) is 2.56. The summed E-state index contributed by atoms with van der Waals surface area (Å²) in [6.45, 7) is 1.87. The van der Waals surface area contributed by atoms with Crippen molar-refractivity contribution in [2.45, 2.75) is 6.92 Å². The van der Waals surface area contributed by atoms with Gasteiger partial charge in [-0.05, 0) is 19.1 Å². The number of hydrogen-bond donors (Lipinski definition) is 1. The van der Waals surface area contributed by atoms with Crippen molar-refractivity contribution in [3.63, 3.8) is 0 Å². The summed E-state index contributed by atoms with van der Waals surface area (Å²) in [5.41, 5.74) is 7.72. The number of carbonyl (C=O) groups is 2. The molecule has 0 atom stereocenters. The van der Waals surface area contributed by atoms with E-state index < -0.39 is 5.91 Å². The van der Waals surface area contributed by atoms with Gasteiger partial charge in [-0.15, -0.1) is 0 Å². The van der Waals surface area contributed by atoms with Crippen molar-refractivity contribution in [1.29, 1.82) is 0 Å². The number of nitrogens with zero attached hydrogens (tertiary/aromatic N) is 3. The van der Waals surface area contributed by atoms with Crippen LogP contribution in [0.5, 0.6) is 0 Å². The van der Waals surface area contributed by atoms with Gasteiger partial charge in [-0.1, -0.05) is 23.8 Å². The van der Waals surface area contributed by atoms with Crippen LogP contribution in [0.25, 0.3) is 0 Å². The second-order valence-corrected chi connectivity index (χ2v) is 5.30. The zero-order chi connectivity index (χ0) is 15.3. The lowest BCUT2D eigenvalue weighted by Gasteiger charge is -2.15. The molecular weight excluding hydrogens is 288 g/mol. The maximum absolute atomic E-state index is 12.6. The van der Waals surface area contributed by atoms with Gasteiger partial charge in [-0.3, -0.25) is 14.3 Å². The average molecular weight is 300 g/mol. The number of anilines is 1. The van der Waals surface area contributed by atoms with E-state index in [1.807, 2.05) is 6.92 Å². The molecule has 0 radical (unpaired) electrons. The summed E-state index contributed by atoms with van der Waals surface area (Å²) in [4.78, 5) is 26.3. The Hall–Kier alpha value is -2.54. The highest BCUT2D eigenvalue weighted by Crippen LogP contribution is 2.30. The van der Waals surface area contributed by atoms with Crippen LogP contribution < -0.4 is 10.6 Å². The van der Waals surface area contributed by atoms with Gasteiger partial charge in [-0.2, -0.15) is 5.10 Å². The maximum Gasteiger partial charge on any atom is 0.267 e. The molecule has 0 spiro atoms. The van der Waals surface area contributed by atoms with E-state index >= 15 is 0 Å². The number of nitrogens with two attached hydrogens (primary N) is 1. The molecule has 2 amide bonds. The molecule has 0 saturated heterocycles. The van der Waals surface area contributed by atoms with E-state index in [2.05, 4.69) is 5.10 Å². The molecule has 2 aromatic rings. The Morgan fingerprint density at radius 1 is 1.24 bits per heavy atom. The largest absolute Gasteiger partial charge is 0.389 e. The lowest BCUT2D eigenvalue weighted by Crippen LogP contribution is -2.33. The number of aromatic nitrogens is 2. The van der Waals surface area contributed by atoms with Gasteiger partial charge in [0.05, 0.1) is 22.9 Å². The number of hydrogen-bond acceptors (Lipinski definition) is 4. The van der Waals surface area contributed by atoms with Crippen LogP contribution in [-0.2, 0) is 7.05 Å². The highest BCUT2D eigenvalue weighted by atomic mass is 32.1. The van der Waals surface area contributed by atoms with Gasteiger partial charge in [0.15, 0.2) is 5.82 Å². The molecule has 0 saturated carbocycles. The van der Waals surface area contributed by atoms with Gasteiger partial charge >= 0.3 is 0 Å². The van der Waals surface area contributed by atoms with Gasteiger partial charge in [0.25, 0.3) is 11.8 Å². The molecule has 1 aromatic carbocycles. The van der Waals surface area contributed by atoms with Gasteiger partial charge in [0.2, 0.25) is 0 Å². The van der Waals surface area contributed by atoms with E-state index in [-0.39, 0.29) is 10.9 Å². The van der Waals surface area contributed by atoms with Crippen LogP contribution in [0.15, 0.2) is 24.4 Å². The highest BCUT2D eigenvalue weighted by Gasteiger charge is 2.39. The first kappa shape index (κ1) is 13.4. The standard InChI is InChI=1S/C14H12N4O2S/c1-7-3-4-8-9(5-7)14(20)18(13(8)19)12-10(11(15)21)6-16-17(12)2/h3-6H,1-2H3,(H2,15,21). The third kappa shape index (κ3) is 1.85. The summed E-state index contributed by atoms with van der Waals surface area (Å²) >= 11 is 4.96. The molecule has 1 aliphatic heterocycles. The predicted octanol–water partition coefficient (Wildman–Crippen LogP) is 1.16. The Kier molecular flexibility index (Phi) is 2.87. The minimum atomic E-state index is -0.392. The summed E-state index contributed by atoms with van der Waals surface area (Å²) in [7, 11) is 1.63. The highest BCUT2D eigenvalue weighted by molar-refractivity contribution is 7.80. The molecule has 0 unspecified atom stereocenters. The van der Waals surface area contributed by atoms with Crippen molar-refractivity contribution in [2.75, 3.05) is 4.90 Å². The lowest BCUT2D eigenvalue weighted by molar-refractivity contribution is 0.0923. The zero-order valence-electron chi connectivity index (χ0n) is 11.5. The number of carbonyl (C=O) groups excluding carboxylic acids is 2. The number of aryl methyl sites for hydroxylation is 2. The molecule has 0 fully saturated rings. The van der Waals surface area contributed by atoms with E-state index in [0.717, 1.165) is 10.5 Å². The Labute approximate surface area is 126 Å². The van der Waals surface area contributed by atoms with Gasteiger partial charge in [0.1, 0.15) is 4.99 Å². The average Bonchev–Trinajstić information content (AvgIpc) is 2.90. The van der Waals surface area contributed by atoms with E-state index in [9.17, 15) is 9.59 Å². The number of amides is 2. The minimum absolute atomic E-state index is 0.0887. The molecule has 1 aliphatic rings. The van der Waals surface area contributed by atoms with Crippen LogP contribution in [0.3, 0.4) is 0 Å². The number of fused-ring (bicyclic) bond motifs is 1. The molecule has 21 heavy (non-hydrogen) atoms. The van der Waals surface area contributed by atoms with Gasteiger partial charge < -0.3 is 5.73 Å². The smallest absolute Gasteiger partial charge is 0.267 e. The van der Waals surface area contributed by atoms with Gasteiger partial charge in [-0.25, -0.2) is 4.90 Å². The summed E-state index contributed by atoms with van der Waals surface area (Å²) in [5.74, 6) is -0.484. The van der Waals surface area contributed by atoms with Crippen LogP contribution >= 0.6 is 12.2 Å². The Morgan fingerprint density at radius 3 is 2.57 bits per heavy atom. The second-order valence-electron chi connectivity index (χ2n) is 4.86. The van der Waals surface area contributed by atoms with Crippen molar-refractivity contribution in [3.8, 4) is 0 Å². The Bertz CT molecular complexity index is 809. The summed E-state index contributed by atoms with van der Waals surface area (Å²) < 4.78 is 1.42. The molecule has 7 heteroatoms. The van der Waals surface area contributed by atoms with Gasteiger partial charge in [0, 0.05) is 7.05 Å². The van der Waals surface area contributed by atoms with E-state index in [1.165, 1.54) is 10.9 Å². The van der Waals surface area contributed by atoms with Crippen LogP contribution in [0, 0.1) is 6.92 Å². The molecule has 2 heterocycles. The first-order valence-corrected chi connectivity index (χ1v) is 6.64. The maximum atomic E-state index is 12.6. The molecule has 6 nitrogen and oxygen atoms in total. The number of thiocarbonyl (C=S) groups is 1. The van der Waals surface area contributed by atoms with Crippen molar-refractivity contribution < 1.29 is 9.59 Å². The quantitative estimate of drug-likeness (QED) is 0.665. The topological polar surface area (TPSA) is 81.2 Å². The fourth-order valence-electron chi connectivity index (χ4n) is 2.42. The predicted molar refractivity (Wildman–Crippen MR) is 81.4 cm³/mol. The summed E-state index contributed by atoms with van der Waals surface area (Å²) in [6, 6.07) is 5.15. The molecule has 106 valence electrons. The molecule has 0 aliphatic carbocycles. The lowest BCUT2D eigenvalue weighted by atomic mass is 10.1. The van der Waals surface area contributed by atoms with E-state index in [1.54, 1.807) is 25.2 Å². The monoisotopic (exact) mass is 300 g/mol. The van der Waals surface area contributed by atoms with Crippen LogP contribution in [-0.4, -0.2) is 26.6 Å². The molecule has 0 bridgehead atoms. The summed E-state index contributed by atoms with van der Waals surface area (Å²) in [6.07, 6.45) is 1.45. The number of imide groups is 1. The number of benzene rings is 1. The van der Waals surface area contributed by atoms with Crippen LogP contribution in [0.4, 0.5) is 5.82 Å². The Balaban J connectivity index is 2.19. The van der Waals surface area contributed by atoms with Crippen molar-refractivity contribution in [3.05, 3.63) is 46.6 Å². The van der Waals surface area contributed by atoms with Crippen molar-refractivity contribution >= 4 is 34.8 Å². The van der Waals surface area contributed by atoms with Crippen LogP contribution in [0.1, 0.15) is 31.8 Å². The van der Waals surface area contributed by atoms with Crippen molar-refractivity contribution in [1.82, 2.24) is 9.78 Å². The van der Waals surface area contributed by atoms with Crippen LogP contribution in [0.2, 0.25) is 0 Å². The zero-order valence-corrected chi connectivity index (χ0v) is 12.3. The first-order valence-electron chi connectivity index (χ1n) is 6.23. The molecular formula is C14H12N4O2S. The minimum Gasteiger partial charge on any atom is -0.389 e. The van der Waals surface area contributed by atoms with E-state index in [0.29, 0.717) is 22.5 Å². The second kappa shape index (κ2) is 4.49. The third-order valence-electron chi connectivity index (χ3n) is 3.43. The fraction of sp³-hybridized carbons (Fsp3) is 0.143. The van der Waals surface area contributed by atoms with Crippen molar-refractivity contribution in [2.24, 2.45) is 12.8 Å². The molecule has 2 N–H and O–H groups in total. The Morgan fingerprint density at radius 2 is 1.90 bits per heavy atom. The van der Waals surface area contributed by atoms with E-state index in [4.69, 9.17) is 18.0 Å². The number of rotatable bonds is 2. The summed E-state index contributed by atoms with van der Waals surface area (Å²) in [5, 5.41) is 4.03. The molecule has 1 aromatic heterocycles. The normalized spacial score (nSPS) is 13.7. The molecule has 3 rings (SSSR count). The first-order chi connectivity index (χ1) is 9.91. The third-order valence-corrected chi connectivity index (χ3v) is 3.65. The SMILES string of the molecule is Cc1ccc2c(c1)C(=O)N(c1c(C(N)=S)cnn1C)C2=O.